The number of aliphatic carboxylic acids is 1. The van der Waals surface area contributed by atoms with E-state index in [2.05, 4.69) is 10.00 Å². The van der Waals surface area contributed by atoms with Crippen molar-refractivity contribution >= 4 is 42.9 Å². The Labute approximate surface area is 198 Å². The number of rotatable bonds is 8. The Morgan fingerprint density at radius 3 is 2.72 bits per heavy atom. The Balaban J connectivity index is 0.00000289. The number of hydrogen-bond acceptors (Lipinski definition) is 5. The van der Waals surface area contributed by atoms with Gasteiger partial charge in [0.1, 0.15) is 5.82 Å². The fourth-order valence-electron chi connectivity index (χ4n) is 4.07. The molecule has 6 nitrogen and oxygen atoms in total. The van der Waals surface area contributed by atoms with E-state index in [1.807, 2.05) is 6.08 Å². The van der Waals surface area contributed by atoms with Crippen LogP contribution in [0.2, 0.25) is 0 Å². The van der Waals surface area contributed by atoms with Crippen molar-refractivity contribution in [2.45, 2.75) is 43.5 Å². The van der Waals surface area contributed by atoms with Crippen LogP contribution in [0.4, 0.5) is 4.39 Å². The first-order valence-electron chi connectivity index (χ1n) is 10.6. The highest BCUT2D eigenvalue weighted by Crippen LogP contribution is 2.39. The number of carbonyl (C=O) groups excluding carboxylic acids is 1. The zero-order chi connectivity index (χ0) is 22.0. The number of likely N-dealkylation sites (tertiary alicyclic amines) is 1. The van der Waals surface area contributed by atoms with E-state index in [9.17, 15) is 14.0 Å². The van der Waals surface area contributed by atoms with Crippen LogP contribution in [-0.4, -0.2) is 49.9 Å². The van der Waals surface area contributed by atoms with Gasteiger partial charge in [0.25, 0.3) is 0 Å². The number of aryl methyl sites for hydroxylation is 1. The largest absolute Gasteiger partial charge is 0.481 e. The summed E-state index contributed by atoms with van der Waals surface area (Å²) in [4.78, 5) is 26.0. The van der Waals surface area contributed by atoms with Crippen molar-refractivity contribution in [3.63, 3.8) is 0 Å². The van der Waals surface area contributed by atoms with Gasteiger partial charge in [-0.1, -0.05) is 24.3 Å². The predicted octanol–water partition coefficient (Wildman–Crippen LogP) is 4.03. The molecule has 0 amide bonds. The third-order valence-corrected chi connectivity index (χ3v) is 6.47. The van der Waals surface area contributed by atoms with E-state index in [1.165, 1.54) is 6.07 Å². The first kappa shape index (κ1) is 24.5. The SMILES string of the molecule is Cl.O=C(O)CCn1cc(/C=C2\CN(C(C(=O)C3CC3)c3ccccc3F)CCC2S)cn1. The quantitative estimate of drug-likeness (QED) is 0.559. The van der Waals surface area contributed by atoms with Crippen LogP contribution in [0.3, 0.4) is 0 Å². The molecule has 32 heavy (non-hydrogen) atoms. The van der Waals surface area contributed by atoms with E-state index in [0.717, 1.165) is 30.4 Å². The number of nitrogens with zero attached hydrogens (tertiary/aromatic N) is 3. The summed E-state index contributed by atoms with van der Waals surface area (Å²) >= 11 is 4.72. The number of Topliss-reactive ketones (excluding diaryl/α,β-unsaturated/α-hetero) is 1. The number of piperidine rings is 1. The number of aromatic nitrogens is 2. The molecule has 1 aliphatic heterocycles. The van der Waals surface area contributed by atoms with E-state index in [4.69, 9.17) is 17.7 Å². The average Bonchev–Trinajstić information content (AvgIpc) is 3.50. The highest BCUT2D eigenvalue weighted by molar-refractivity contribution is 7.81. The maximum Gasteiger partial charge on any atom is 0.305 e. The molecule has 2 aromatic rings. The van der Waals surface area contributed by atoms with Crippen LogP contribution in [-0.2, 0) is 16.1 Å². The molecule has 172 valence electrons. The minimum atomic E-state index is -0.867. The lowest BCUT2D eigenvalue weighted by Gasteiger charge is -2.37. The maximum absolute atomic E-state index is 14.6. The minimum absolute atomic E-state index is 0. The van der Waals surface area contributed by atoms with E-state index >= 15 is 0 Å². The fourth-order valence-corrected chi connectivity index (χ4v) is 4.34. The lowest BCUT2D eigenvalue weighted by atomic mass is 9.93. The van der Waals surface area contributed by atoms with Crippen LogP contribution in [0.15, 0.2) is 42.2 Å². The smallest absolute Gasteiger partial charge is 0.305 e. The summed E-state index contributed by atoms with van der Waals surface area (Å²) in [5.41, 5.74) is 2.34. The summed E-state index contributed by atoms with van der Waals surface area (Å²) in [5, 5.41) is 13.1. The van der Waals surface area contributed by atoms with Gasteiger partial charge in [-0.05, 0) is 30.9 Å². The number of carboxylic acids is 1. The van der Waals surface area contributed by atoms with Gasteiger partial charge < -0.3 is 5.11 Å². The Hall–Kier alpha value is -2.16. The third kappa shape index (κ3) is 5.79. The van der Waals surface area contributed by atoms with Crippen molar-refractivity contribution in [1.29, 1.82) is 0 Å². The number of benzene rings is 1. The molecule has 2 heterocycles. The number of hydrogen-bond donors (Lipinski definition) is 2. The van der Waals surface area contributed by atoms with Crippen molar-refractivity contribution in [1.82, 2.24) is 14.7 Å². The summed E-state index contributed by atoms with van der Waals surface area (Å²) < 4.78 is 16.2. The highest BCUT2D eigenvalue weighted by atomic mass is 35.5. The Kier molecular flexibility index (Phi) is 8.14. The molecule has 0 spiro atoms. The van der Waals surface area contributed by atoms with Crippen molar-refractivity contribution in [2.75, 3.05) is 13.1 Å². The van der Waals surface area contributed by atoms with E-state index in [1.54, 1.807) is 35.3 Å². The Bertz CT molecular complexity index is 1010. The molecule has 1 aliphatic carbocycles. The molecule has 1 saturated heterocycles. The zero-order valence-corrected chi connectivity index (χ0v) is 19.3. The molecule has 2 unspecified atom stereocenters. The van der Waals surface area contributed by atoms with Crippen LogP contribution in [0, 0.1) is 11.7 Å². The molecule has 9 heteroatoms. The van der Waals surface area contributed by atoms with Gasteiger partial charge in [-0.15, -0.1) is 12.4 Å². The van der Waals surface area contributed by atoms with Crippen LogP contribution in [0.25, 0.3) is 6.08 Å². The molecule has 2 fully saturated rings. The number of ketones is 1. The molecule has 2 aliphatic rings. The molecule has 0 bridgehead atoms. The standard InChI is InChI=1S/C23H26FN3O3S.ClH/c24-19-4-2-1-3-18(19)22(23(30)16-5-6-16)26-9-7-20(31)17(14-26)11-15-12-25-27(13-15)10-8-21(28)29;/h1-4,11-13,16,20,22,31H,5-10,14H2,(H,28,29);1H/b17-11+;. The molecule has 1 aromatic heterocycles. The maximum atomic E-state index is 14.6. The van der Waals surface area contributed by atoms with Crippen LogP contribution in [0.5, 0.6) is 0 Å². The van der Waals surface area contributed by atoms with E-state index in [-0.39, 0.29) is 41.6 Å². The molecular formula is C23H27ClFN3O3S. The summed E-state index contributed by atoms with van der Waals surface area (Å²) in [6.45, 7) is 1.49. The topological polar surface area (TPSA) is 75.4 Å². The number of carboxylic acid groups (broad SMARTS) is 1. The first-order valence-corrected chi connectivity index (χ1v) is 11.1. The summed E-state index contributed by atoms with van der Waals surface area (Å²) in [6.07, 6.45) is 8.01. The molecule has 1 aromatic carbocycles. The van der Waals surface area contributed by atoms with Crippen molar-refractivity contribution < 1.29 is 19.1 Å². The van der Waals surface area contributed by atoms with Gasteiger partial charge >= 0.3 is 5.97 Å². The van der Waals surface area contributed by atoms with Crippen LogP contribution in [0.1, 0.15) is 42.9 Å². The Morgan fingerprint density at radius 2 is 2.03 bits per heavy atom. The van der Waals surface area contributed by atoms with Crippen molar-refractivity contribution in [3.8, 4) is 0 Å². The third-order valence-electron chi connectivity index (χ3n) is 5.88. The molecular weight excluding hydrogens is 453 g/mol. The van der Waals surface area contributed by atoms with Gasteiger partial charge in [0, 0.05) is 41.6 Å². The first-order chi connectivity index (χ1) is 14.9. The van der Waals surface area contributed by atoms with Crippen molar-refractivity contribution in [3.05, 3.63) is 59.2 Å². The average molecular weight is 480 g/mol. The van der Waals surface area contributed by atoms with Crippen LogP contribution < -0.4 is 0 Å². The van der Waals surface area contributed by atoms with Gasteiger partial charge in [0.2, 0.25) is 0 Å². The second-order valence-corrected chi connectivity index (χ2v) is 8.90. The lowest BCUT2D eigenvalue weighted by molar-refractivity contribution is -0.137. The monoisotopic (exact) mass is 479 g/mol. The second kappa shape index (κ2) is 10.6. The molecule has 1 N–H and O–H groups in total. The summed E-state index contributed by atoms with van der Waals surface area (Å²) in [6, 6.07) is 5.96. The van der Waals surface area contributed by atoms with Gasteiger partial charge in [0.15, 0.2) is 5.78 Å². The van der Waals surface area contributed by atoms with Gasteiger partial charge in [0.05, 0.1) is 25.2 Å². The van der Waals surface area contributed by atoms with E-state index in [0.29, 0.717) is 25.2 Å². The van der Waals surface area contributed by atoms with Crippen molar-refractivity contribution in [2.24, 2.45) is 5.92 Å². The normalized spacial score (nSPS) is 21.2. The number of thiol groups is 1. The summed E-state index contributed by atoms with van der Waals surface area (Å²) in [7, 11) is 0. The Morgan fingerprint density at radius 1 is 1.28 bits per heavy atom. The molecule has 2 atom stereocenters. The van der Waals surface area contributed by atoms with Gasteiger partial charge in [-0.3, -0.25) is 19.2 Å². The molecule has 0 radical (unpaired) electrons. The van der Waals surface area contributed by atoms with E-state index < -0.39 is 12.0 Å². The molecule has 4 rings (SSSR count). The molecule has 1 saturated carbocycles. The second-order valence-electron chi connectivity index (χ2n) is 8.28. The van der Waals surface area contributed by atoms with Crippen LogP contribution >= 0.6 is 25.0 Å². The zero-order valence-electron chi connectivity index (χ0n) is 17.6. The fraction of sp³-hybridized carbons (Fsp3) is 0.435. The number of halogens is 2. The highest BCUT2D eigenvalue weighted by Gasteiger charge is 2.40. The van der Waals surface area contributed by atoms with Gasteiger partial charge in [-0.2, -0.15) is 17.7 Å². The number of carbonyl (C=O) groups is 2. The minimum Gasteiger partial charge on any atom is -0.481 e. The lowest BCUT2D eigenvalue weighted by Crippen LogP contribution is -2.42. The summed E-state index contributed by atoms with van der Waals surface area (Å²) in [5.74, 6) is -1.09. The van der Waals surface area contributed by atoms with Gasteiger partial charge in [-0.25, -0.2) is 4.39 Å². The predicted molar refractivity (Wildman–Crippen MR) is 126 cm³/mol.